The standard InChI is InChI=1S/C14H13Br2NO3S/c1-9-2-3-10(8-18)6-14(9)21(19,20)17-13-5-4-11(15)7-12(13)16/h2-7,17-18H,8H2,1H3. The van der Waals surface area contributed by atoms with Crippen LogP contribution in [0.15, 0.2) is 50.2 Å². The van der Waals surface area contributed by atoms with Gasteiger partial charge in [0.25, 0.3) is 10.0 Å². The molecular formula is C14H13Br2NO3S. The minimum absolute atomic E-state index is 0.156. The molecule has 0 bridgehead atoms. The molecule has 2 aromatic carbocycles. The molecule has 0 saturated heterocycles. The summed E-state index contributed by atoms with van der Waals surface area (Å²) in [5.41, 5.74) is 1.62. The smallest absolute Gasteiger partial charge is 0.262 e. The molecule has 112 valence electrons. The first-order valence-electron chi connectivity index (χ1n) is 6.02. The number of rotatable bonds is 4. The number of benzene rings is 2. The van der Waals surface area contributed by atoms with Gasteiger partial charge >= 0.3 is 0 Å². The van der Waals surface area contributed by atoms with Gasteiger partial charge in [0, 0.05) is 8.95 Å². The molecule has 21 heavy (non-hydrogen) atoms. The van der Waals surface area contributed by atoms with E-state index in [0.29, 0.717) is 21.3 Å². The van der Waals surface area contributed by atoms with Crippen LogP contribution in [0.2, 0.25) is 0 Å². The predicted molar refractivity (Wildman–Crippen MR) is 89.8 cm³/mol. The van der Waals surface area contributed by atoms with Gasteiger partial charge < -0.3 is 5.11 Å². The Morgan fingerprint density at radius 2 is 1.86 bits per heavy atom. The molecule has 0 radical (unpaired) electrons. The third kappa shape index (κ3) is 3.85. The Morgan fingerprint density at radius 1 is 1.14 bits per heavy atom. The zero-order valence-electron chi connectivity index (χ0n) is 11.1. The normalized spacial score (nSPS) is 11.4. The van der Waals surface area contributed by atoms with Gasteiger partial charge in [0.15, 0.2) is 0 Å². The van der Waals surface area contributed by atoms with Crippen LogP contribution in [0.4, 0.5) is 5.69 Å². The Bertz CT molecular complexity index is 776. The van der Waals surface area contributed by atoms with Crippen molar-refractivity contribution in [2.45, 2.75) is 18.4 Å². The first-order valence-corrected chi connectivity index (χ1v) is 9.08. The maximum absolute atomic E-state index is 12.5. The quantitative estimate of drug-likeness (QED) is 0.768. The molecule has 0 atom stereocenters. The Labute approximate surface area is 140 Å². The molecule has 0 heterocycles. The van der Waals surface area contributed by atoms with E-state index in [0.717, 1.165) is 4.47 Å². The van der Waals surface area contributed by atoms with Gasteiger partial charge in [0.05, 0.1) is 17.2 Å². The highest BCUT2D eigenvalue weighted by molar-refractivity contribution is 9.11. The molecule has 4 nitrogen and oxygen atoms in total. The number of hydrogen-bond donors (Lipinski definition) is 2. The molecule has 0 spiro atoms. The highest BCUT2D eigenvalue weighted by Gasteiger charge is 2.18. The number of hydrogen-bond acceptors (Lipinski definition) is 3. The summed E-state index contributed by atoms with van der Waals surface area (Å²) in [6, 6.07) is 10.0. The fourth-order valence-electron chi connectivity index (χ4n) is 1.80. The zero-order valence-corrected chi connectivity index (χ0v) is 15.1. The molecule has 0 aromatic heterocycles. The maximum atomic E-state index is 12.5. The van der Waals surface area contributed by atoms with Gasteiger partial charge in [-0.1, -0.05) is 28.1 Å². The lowest BCUT2D eigenvalue weighted by Crippen LogP contribution is -2.15. The Hall–Kier alpha value is -0.890. The van der Waals surface area contributed by atoms with Crippen LogP contribution in [-0.2, 0) is 16.6 Å². The number of anilines is 1. The largest absolute Gasteiger partial charge is 0.392 e. The summed E-state index contributed by atoms with van der Waals surface area (Å²) < 4.78 is 29.0. The molecule has 7 heteroatoms. The third-order valence-corrected chi connectivity index (χ3v) is 5.56. The van der Waals surface area contributed by atoms with Crippen molar-refractivity contribution in [2.75, 3.05) is 4.72 Å². The van der Waals surface area contributed by atoms with Gasteiger partial charge in [0.1, 0.15) is 0 Å². The molecule has 0 saturated carbocycles. The summed E-state index contributed by atoms with van der Waals surface area (Å²) in [5, 5.41) is 9.16. The number of aliphatic hydroxyl groups is 1. The number of sulfonamides is 1. The van der Waals surface area contributed by atoms with E-state index >= 15 is 0 Å². The van der Waals surface area contributed by atoms with Crippen molar-refractivity contribution in [3.63, 3.8) is 0 Å². The van der Waals surface area contributed by atoms with E-state index < -0.39 is 10.0 Å². The number of halogens is 2. The fraction of sp³-hybridized carbons (Fsp3) is 0.143. The summed E-state index contributed by atoms with van der Waals surface area (Å²) in [5.74, 6) is 0. The molecule has 0 aliphatic rings. The summed E-state index contributed by atoms with van der Waals surface area (Å²) in [6.07, 6.45) is 0. The average molecular weight is 435 g/mol. The predicted octanol–water partition coefficient (Wildman–Crippen LogP) is 3.81. The second-order valence-electron chi connectivity index (χ2n) is 4.49. The van der Waals surface area contributed by atoms with Crippen molar-refractivity contribution in [2.24, 2.45) is 0 Å². The molecule has 0 fully saturated rings. The van der Waals surface area contributed by atoms with Crippen molar-refractivity contribution in [3.8, 4) is 0 Å². The summed E-state index contributed by atoms with van der Waals surface area (Å²) in [6.45, 7) is 1.51. The first-order chi connectivity index (χ1) is 9.83. The minimum atomic E-state index is -3.72. The third-order valence-electron chi connectivity index (χ3n) is 2.90. The topological polar surface area (TPSA) is 66.4 Å². The van der Waals surface area contributed by atoms with Crippen molar-refractivity contribution in [1.82, 2.24) is 0 Å². The van der Waals surface area contributed by atoms with Crippen LogP contribution >= 0.6 is 31.9 Å². The van der Waals surface area contributed by atoms with E-state index in [9.17, 15) is 8.42 Å². The maximum Gasteiger partial charge on any atom is 0.262 e. The Morgan fingerprint density at radius 3 is 2.48 bits per heavy atom. The second kappa shape index (κ2) is 6.48. The summed E-state index contributed by atoms with van der Waals surface area (Å²) in [4.78, 5) is 0.156. The monoisotopic (exact) mass is 433 g/mol. The SMILES string of the molecule is Cc1ccc(CO)cc1S(=O)(=O)Nc1ccc(Br)cc1Br. The lowest BCUT2D eigenvalue weighted by Gasteiger charge is -2.13. The first kappa shape index (κ1) is 16.5. The Balaban J connectivity index is 2.43. The van der Waals surface area contributed by atoms with E-state index in [1.807, 2.05) is 0 Å². The van der Waals surface area contributed by atoms with Crippen LogP contribution in [0.3, 0.4) is 0 Å². The number of nitrogens with one attached hydrogen (secondary N) is 1. The van der Waals surface area contributed by atoms with E-state index in [2.05, 4.69) is 36.6 Å². The summed E-state index contributed by atoms with van der Waals surface area (Å²) >= 11 is 6.64. The molecule has 0 aliphatic heterocycles. The van der Waals surface area contributed by atoms with Crippen LogP contribution in [0, 0.1) is 6.92 Å². The van der Waals surface area contributed by atoms with E-state index in [1.54, 1.807) is 37.3 Å². The van der Waals surface area contributed by atoms with Gasteiger partial charge in [-0.25, -0.2) is 8.42 Å². The van der Waals surface area contributed by atoms with Crippen molar-refractivity contribution < 1.29 is 13.5 Å². The highest BCUT2D eigenvalue weighted by Crippen LogP contribution is 2.29. The highest BCUT2D eigenvalue weighted by atomic mass is 79.9. The van der Waals surface area contributed by atoms with Crippen LogP contribution in [-0.4, -0.2) is 13.5 Å². The second-order valence-corrected chi connectivity index (χ2v) is 7.91. The Kier molecular flexibility index (Phi) is 5.08. The van der Waals surface area contributed by atoms with Gasteiger partial charge in [-0.15, -0.1) is 0 Å². The van der Waals surface area contributed by atoms with E-state index in [1.165, 1.54) is 6.07 Å². The molecule has 2 N–H and O–H groups in total. The van der Waals surface area contributed by atoms with Gasteiger partial charge in [-0.05, 0) is 58.2 Å². The minimum Gasteiger partial charge on any atom is -0.392 e. The molecule has 2 rings (SSSR count). The van der Waals surface area contributed by atoms with Crippen LogP contribution in [0.1, 0.15) is 11.1 Å². The number of aryl methyl sites for hydroxylation is 1. The average Bonchev–Trinajstić information content (AvgIpc) is 2.42. The van der Waals surface area contributed by atoms with E-state index in [4.69, 9.17) is 5.11 Å². The van der Waals surface area contributed by atoms with Crippen LogP contribution < -0.4 is 4.72 Å². The molecule has 0 amide bonds. The lowest BCUT2D eigenvalue weighted by molar-refractivity contribution is 0.281. The summed E-state index contributed by atoms with van der Waals surface area (Å²) in [7, 11) is -3.72. The van der Waals surface area contributed by atoms with Gasteiger partial charge in [-0.3, -0.25) is 4.72 Å². The van der Waals surface area contributed by atoms with Gasteiger partial charge in [-0.2, -0.15) is 0 Å². The number of aliphatic hydroxyl groups excluding tert-OH is 1. The van der Waals surface area contributed by atoms with Gasteiger partial charge in [0.2, 0.25) is 0 Å². The van der Waals surface area contributed by atoms with Crippen LogP contribution in [0.5, 0.6) is 0 Å². The van der Waals surface area contributed by atoms with Crippen molar-refractivity contribution >= 4 is 47.6 Å². The molecule has 0 unspecified atom stereocenters. The molecular weight excluding hydrogens is 422 g/mol. The zero-order chi connectivity index (χ0) is 15.6. The van der Waals surface area contributed by atoms with E-state index in [-0.39, 0.29) is 11.5 Å². The lowest BCUT2D eigenvalue weighted by atomic mass is 10.2. The fourth-order valence-corrected chi connectivity index (χ4v) is 4.46. The van der Waals surface area contributed by atoms with Crippen molar-refractivity contribution in [1.29, 1.82) is 0 Å². The van der Waals surface area contributed by atoms with Crippen LogP contribution in [0.25, 0.3) is 0 Å². The molecule has 2 aromatic rings. The molecule has 0 aliphatic carbocycles. The van der Waals surface area contributed by atoms with Crippen molar-refractivity contribution in [3.05, 3.63) is 56.5 Å².